The van der Waals surface area contributed by atoms with E-state index in [0.717, 1.165) is 6.54 Å². The van der Waals surface area contributed by atoms with E-state index in [0.29, 0.717) is 23.5 Å². The van der Waals surface area contributed by atoms with E-state index >= 15 is 0 Å². The first kappa shape index (κ1) is 13.3. The molecule has 17 heavy (non-hydrogen) atoms. The van der Waals surface area contributed by atoms with Gasteiger partial charge in [0, 0.05) is 13.1 Å². The summed E-state index contributed by atoms with van der Waals surface area (Å²) in [6.07, 6.45) is 0. The fourth-order valence-corrected chi connectivity index (χ4v) is 1.45. The van der Waals surface area contributed by atoms with Gasteiger partial charge in [0.05, 0.1) is 18.4 Å². The molecule has 1 aromatic carbocycles. The highest BCUT2D eigenvalue weighted by molar-refractivity contribution is 5.98. The van der Waals surface area contributed by atoms with Gasteiger partial charge in [-0.3, -0.25) is 4.79 Å². The number of nitrogens with zero attached hydrogens (tertiary/aromatic N) is 1. The number of benzene rings is 1. The second kappa shape index (κ2) is 6.10. The summed E-state index contributed by atoms with van der Waals surface area (Å²) in [5, 5.41) is 2.82. The van der Waals surface area contributed by atoms with Gasteiger partial charge in [-0.15, -0.1) is 0 Å². The van der Waals surface area contributed by atoms with E-state index in [1.807, 2.05) is 19.0 Å². The van der Waals surface area contributed by atoms with Crippen LogP contribution in [0.4, 0.5) is 5.69 Å². The Bertz CT molecular complexity index is 391. The third-order valence-corrected chi connectivity index (χ3v) is 2.34. The molecule has 0 heterocycles. The molecule has 0 fully saturated rings. The van der Waals surface area contributed by atoms with Gasteiger partial charge in [0.2, 0.25) is 0 Å². The number of nitrogens with one attached hydrogen (secondary N) is 1. The number of nitrogen functional groups attached to an aromatic ring is 1. The highest BCUT2D eigenvalue weighted by Crippen LogP contribution is 2.25. The summed E-state index contributed by atoms with van der Waals surface area (Å²) in [5.41, 5.74) is 6.66. The van der Waals surface area contributed by atoms with Gasteiger partial charge in [0.1, 0.15) is 0 Å². The predicted octanol–water partition coefficient (Wildman–Crippen LogP) is 0.569. The number of hydrogen-bond donors (Lipinski definition) is 2. The first-order valence-electron chi connectivity index (χ1n) is 5.41. The quantitative estimate of drug-likeness (QED) is 0.735. The molecule has 94 valence electrons. The normalized spacial score (nSPS) is 10.4. The number of carbonyl (C=O) groups is 1. The number of anilines is 1. The number of likely N-dealkylation sites (N-methyl/N-ethyl adjacent to an activating group) is 1. The van der Waals surface area contributed by atoms with Crippen LogP contribution in [0.3, 0.4) is 0 Å². The SMILES string of the molecule is COc1c(N)cccc1C(=O)NCCN(C)C. The third-order valence-electron chi connectivity index (χ3n) is 2.34. The number of carbonyl (C=O) groups excluding carboxylic acids is 1. The molecule has 0 aliphatic carbocycles. The Hall–Kier alpha value is -1.75. The van der Waals surface area contributed by atoms with Crippen molar-refractivity contribution in [1.82, 2.24) is 10.2 Å². The average Bonchev–Trinajstić information content (AvgIpc) is 2.28. The maximum Gasteiger partial charge on any atom is 0.255 e. The van der Waals surface area contributed by atoms with Crippen LogP contribution in [0.15, 0.2) is 18.2 Å². The second-order valence-corrected chi connectivity index (χ2v) is 3.99. The van der Waals surface area contributed by atoms with E-state index in [1.165, 1.54) is 7.11 Å². The summed E-state index contributed by atoms with van der Waals surface area (Å²) in [6.45, 7) is 1.38. The van der Waals surface area contributed by atoms with E-state index in [4.69, 9.17) is 10.5 Å². The molecular formula is C12H19N3O2. The number of para-hydroxylation sites is 1. The molecule has 1 rings (SSSR count). The minimum Gasteiger partial charge on any atom is -0.494 e. The van der Waals surface area contributed by atoms with Crippen molar-refractivity contribution < 1.29 is 9.53 Å². The minimum absolute atomic E-state index is 0.170. The summed E-state index contributed by atoms with van der Waals surface area (Å²) in [6, 6.07) is 5.13. The Morgan fingerprint density at radius 2 is 2.18 bits per heavy atom. The zero-order valence-electron chi connectivity index (χ0n) is 10.5. The smallest absolute Gasteiger partial charge is 0.255 e. The second-order valence-electron chi connectivity index (χ2n) is 3.99. The van der Waals surface area contributed by atoms with Gasteiger partial charge < -0.3 is 20.7 Å². The number of ether oxygens (including phenoxy) is 1. The van der Waals surface area contributed by atoms with Crippen molar-refractivity contribution >= 4 is 11.6 Å². The Morgan fingerprint density at radius 1 is 1.47 bits per heavy atom. The molecule has 5 nitrogen and oxygen atoms in total. The van der Waals surface area contributed by atoms with Crippen molar-refractivity contribution in [3.8, 4) is 5.75 Å². The van der Waals surface area contributed by atoms with Crippen molar-refractivity contribution in [3.63, 3.8) is 0 Å². The van der Waals surface area contributed by atoms with E-state index in [1.54, 1.807) is 18.2 Å². The van der Waals surface area contributed by atoms with Crippen molar-refractivity contribution in [3.05, 3.63) is 23.8 Å². The molecule has 1 amide bonds. The first-order chi connectivity index (χ1) is 8.06. The predicted molar refractivity (Wildman–Crippen MR) is 68.3 cm³/mol. The van der Waals surface area contributed by atoms with Gasteiger partial charge in [-0.1, -0.05) is 6.07 Å². The molecule has 0 spiro atoms. The Labute approximate surface area is 102 Å². The maximum atomic E-state index is 11.9. The molecule has 0 aromatic heterocycles. The summed E-state index contributed by atoms with van der Waals surface area (Å²) in [7, 11) is 5.41. The highest BCUT2D eigenvalue weighted by Gasteiger charge is 2.13. The van der Waals surface area contributed by atoms with Crippen LogP contribution in [0.1, 0.15) is 10.4 Å². The van der Waals surface area contributed by atoms with Crippen molar-refractivity contribution in [2.75, 3.05) is 40.0 Å². The standard InChI is InChI=1S/C12H19N3O2/c1-15(2)8-7-14-12(16)9-5-4-6-10(13)11(9)17-3/h4-6H,7-8,13H2,1-3H3,(H,14,16). The molecule has 3 N–H and O–H groups in total. The van der Waals surface area contributed by atoms with Crippen LogP contribution < -0.4 is 15.8 Å². The first-order valence-corrected chi connectivity index (χ1v) is 5.41. The van der Waals surface area contributed by atoms with Gasteiger partial charge in [-0.25, -0.2) is 0 Å². The number of amides is 1. The van der Waals surface area contributed by atoms with Crippen molar-refractivity contribution in [2.24, 2.45) is 0 Å². The van der Waals surface area contributed by atoms with Gasteiger partial charge in [-0.2, -0.15) is 0 Å². The number of hydrogen-bond acceptors (Lipinski definition) is 4. The topological polar surface area (TPSA) is 67.6 Å². The monoisotopic (exact) mass is 237 g/mol. The molecule has 0 bridgehead atoms. The van der Waals surface area contributed by atoms with Crippen LogP contribution in [0.2, 0.25) is 0 Å². The molecule has 5 heteroatoms. The lowest BCUT2D eigenvalue weighted by Crippen LogP contribution is -2.31. The van der Waals surface area contributed by atoms with E-state index in [2.05, 4.69) is 5.32 Å². The minimum atomic E-state index is -0.170. The molecule has 1 aromatic rings. The largest absolute Gasteiger partial charge is 0.494 e. The summed E-state index contributed by atoms with van der Waals surface area (Å²) >= 11 is 0. The third kappa shape index (κ3) is 3.64. The lowest BCUT2D eigenvalue weighted by atomic mass is 10.1. The van der Waals surface area contributed by atoms with Crippen LogP contribution in [-0.4, -0.2) is 45.1 Å². The Balaban J connectivity index is 2.72. The molecule has 0 radical (unpaired) electrons. The molecule has 0 aliphatic rings. The van der Waals surface area contributed by atoms with E-state index in [9.17, 15) is 4.79 Å². The molecule has 0 saturated carbocycles. The maximum absolute atomic E-state index is 11.9. The van der Waals surface area contributed by atoms with Gasteiger partial charge in [-0.05, 0) is 26.2 Å². The van der Waals surface area contributed by atoms with Crippen LogP contribution >= 0.6 is 0 Å². The Kier molecular flexibility index (Phi) is 4.78. The van der Waals surface area contributed by atoms with Gasteiger partial charge >= 0.3 is 0 Å². The molecule has 0 aliphatic heterocycles. The number of rotatable bonds is 5. The zero-order chi connectivity index (χ0) is 12.8. The summed E-state index contributed by atoms with van der Waals surface area (Å²) < 4.78 is 5.13. The van der Waals surface area contributed by atoms with Crippen LogP contribution in [0.5, 0.6) is 5.75 Å². The summed E-state index contributed by atoms with van der Waals surface area (Å²) in [5.74, 6) is 0.255. The number of methoxy groups -OCH3 is 1. The lowest BCUT2D eigenvalue weighted by molar-refractivity contribution is 0.0948. The molecule has 0 atom stereocenters. The number of nitrogens with two attached hydrogens (primary N) is 1. The van der Waals surface area contributed by atoms with Gasteiger partial charge in [0.25, 0.3) is 5.91 Å². The van der Waals surface area contributed by atoms with Crippen LogP contribution in [0.25, 0.3) is 0 Å². The lowest BCUT2D eigenvalue weighted by Gasteiger charge is -2.13. The van der Waals surface area contributed by atoms with Gasteiger partial charge in [0.15, 0.2) is 5.75 Å². The summed E-state index contributed by atoms with van der Waals surface area (Å²) in [4.78, 5) is 13.9. The van der Waals surface area contributed by atoms with Crippen molar-refractivity contribution in [1.29, 1.82) is 0 Å². The average molecular weight is 237 g/mol. The van der Waals surface area contributed by atoms with Crippen LogP contribution in [0, 0.1) is 0 Å². The Morgan fingerprint density at radius 3 is 2.76 bits per heavy atom. The fourth-order valence-electron chi connectivity index (χ4n) is 1.45. The molecule has 0 saturated heterocycles. The van der Waals surface area contributed by atoms with E-state index in [-0.39, 0.29) is 5.91 Å². The highest BCUT2D eigenvalue weighted by atomic mass is 16.5. The van der Waals surface area contributed by atoms with Crippen LogP contribution in [-0.2, 0) is 0 Å². The zero-order valence-corrected chi connectivity index (χ0v) is 10.5. The fraction of sp³-hybridized carbons (Fsp3) is 0.417. The molecule has 0 unspecified atom stereocenters. The van der Waals surface area contributed by atoms with Crippen molar-refractivity contribution in [2.45, 2.75) is 0 Å². The van der Waals surface area contributed by atoms with E-state index < -0.39 is 0 Å². The molecular weight excluding hydrogens is 218 g/mol.